The van der Waals surface area contributed by atoms with Crippen LogP contribution in [0.15, 0.2) is 54.7 Å². The third kappa shape index (κ3) is 5.31. The van der Waals surface area contributed by atoms with Gasteiger partial charge in [-0.2, -0.15) is 0 Å². The number of carbonyl (C=O) groups excluding carboxylic acids is 2. The van der Waals surface area contributed by atoms with E-state index in [-0.39, 0.29) is 17.7 Å². The van der Waals surface area contributed by atoms with Gasteiger partial charge in [-0.1, -0.05) is 24.3 Å². The first-order valence-corrected chi connectivity index (χ1v) is 11.0. The monoisotopic (exact) mass is 465 g/mol. The number of halogens is 2. The predicted octanol–water partition coefficient (Wildman–Crippen LogP) is 4.15. The van der Waals surface area contributed by atoms with E-state index in [0.717, 1.165) is 44.1 Å². The van der Waals surface area contributed by atoms with Gasteiger partial charge < -0.3 is 21.3 Å². The molecule has 2 aromatic carbocycles. The van der Waals surface area contributed by atoms with Gasteiger partial charge in [-0.3, -0.25) is 9.59 Å². The largest absolute Gasteiger partial charge is 0.380 e. The molecule has 0 spiro atoms. The molecule has 176 valence electrons. The first-order chi connectivity index (χ1) is 16.4. The zero-order chi connectivity index (χ0) is 24.1. The molecule has 1 aliphatic heterocycles. The standard InChI is InChI=1S/C25H25F2N5O2/c26-21-3-1-2-18(24(21)27)13-29-22-12-23(30-14-20(22)25(28)34)31-19-6-4-16(5-7-19)17-8-10-32(15-33)11-9-17/h1-7,12,14-15,17H,8-11,13H2,(H2,28,34)(H2,29,30,31). The predicted molar refractivity (Wildman–Crippen MR) is 126 cm³/mol. The number of nitrogens with zero attached hydrogens (tertiary/aromatic N) is 2. The van der Waals surface area contributed by atoms with Gasteiger partial charge in [0.1, 0.15) is 5.82 Å². The first kappa shape index (κ1) is 23.2. The summed E-state index contributed by atoms with van der Waals surface area (Å²) in [4.78, 5) is 28.8. The van der Waals surface area contributed by atoms with Crippen LogP contribution in [0.25, 0.3) is 0 Å². The Kier molecular flexibility index (Phi) is 7.01. The number of carbonyl (C=O) groups is 2. The van der Waals surface area contributed by atoms with Crippen molar-refractivity contribution in [1.82, 2.24) is 9.88 Å². The Balaban J connectivity index is 1.46. The number of amides is 2. The highest BCUT2D eigenvalue weighted by Gasteiger charge is 2.19. The highest BCUT2D eigenvalue weighted by molar-refractivity contribution is 5.98. The number of rotatable bonds is 8. The number of nitrogens with two attached hydrogens (primary N) is 1. The van der Waals surface area contributed by atoms with Gasteiger partial charge in [0, 0.05) is 43.1 Å². The van der Waals surface area contributed by atoms with Crippen LogP contribution in [0.4, 0.5) is 26.0 Å². The van der Waals surface area contributed by atoms with E-state index in [1.165, 1.54) is 23.9 Å². The number of benzene rings is 2. The van der Waals surface area contributed by atoms with Crippen LogP contribution in [0, 0.1) is 11.6 Å². The molecule has 0 radical (unpaired) electrons. The van der Waals surface area contributed by atoms with Gasteiger partial charge >= 0.3 is 0 Å². The maximum Gasteiger partial charge on any atom is 0.252 e. The molecular weight excluding hydrogens is 440 g/mol. The molecule has 0 atom stereocenters. The van der Waals surface area contributed by atoms with Gasteiger partial charge in [0.15, 0.2) is 11.6 Å². The summed E-state index contributed by atoms with van der Waals surface area (Å²) in [6.45, 7) is 1.49. The smallest absolute Gasteiger partial charge is 0.252 e. The van der Waals surface area contributed by atoms with Crippen LogP contribution >= 0.6 is 0 Å². The van der Waals surface area contributed by atoms with Gasteiger partial charge in [0.05, 0.1) is 11.3 Å². The van der Waals surface area contributed by atoms with Crippen LogP contribution in [-0.4, -0.2) is 35.3 Å². The number of pyridine rings is 1. The number of nitrogens with one attached hydrogen (secondary N) is 2. The van der Waals surface area contributed by atoms with Crippen molar-refractivity contribution in [1.29, 1.82) is 0 Å². The Morgan fingerprint density at radius 1 is 1.15 bits per heavy atom. The molecule has 7 nitrogen and oxygen atoms in total. The highest BCUT2D eigenvalue weighted by atomic mass is 19.2. The minimum absolute atomic E-state index is 0.0368. The molecule has 9 heteroatoms. The maximum atomic E-state index is 14.0. The molecule has 3 aromatic rings. The molecule has 1 saturated heterocycles. The Hall–Kier alpha value is -4.01. The summed E-state index contributed by atoms with van der Waals surface area (Å²) in [6.07, 6.45) is 4.10. The first-order valence-electron chi connectivity index (χ1n) is 11.0. The molecule has 2 heterocycles. The van der Waals surface area contributed by atoms with Crippen molar-refractivity contribution in [3.8, 4) is 0 Å². The molecule has 1 aliphatic rings. The van der Waals surface area contributed by atoms with E-state index in [4.69, 9.17) is 5.73 Å². The molecule has 1 fully saturated rings. The van der Waals surface area contributed by atoms with Crippen LogP contribution in [-0.2, 0) is 11.3 Å². The zero-order valence-electron chi connectivity index (χ0n) is 18.4. The lowest BCUT2D eigenvalue weighted by Gasteiger charge is -2.29. The van der Waals surface area contributed by atoms with E-state index in [9.17, 15) is 18.4 Å². The van der Waals surface area contributed by atoms with Crippen molar-refractivity contribution in [2.75, 3.05) is 23.7 Å². The fraction of sp³-hybridized carbons (Fsp3) is 0.240. The van der Waals surface area contributed by atoms with E-state index in [0.29, 0.717) is 17.4 Å². The van der Waals surface area contributed by atoms with Gasteiger partial charge in [-0.05, 0) is 42.5 Å². The topological polar surface area (TPSA) is 100 Å². The second-order valence-electron chi connectivity index (χ2n) is 8.21. The molecule has 1 aromatic heterocycles. The van der Waals surface area contributed by atoms with E-state index in [2.05, 4.69) is 15.6 Å². The molecule has 0 bridgehead atoms. The van der Waals surface area contributed by atoms with Crippen molar-refractivity contribution < 1.29 is 18.4 Å². The third-order valence-electron chi connectivity index (χ3n) is 6.00. The minimum Gasteiger partial charge on any atom is -0.380 e. The van der Waals surface area contributed by atoms with Gasteiger partial charge in [0.25, 0.3) is 5.91 Å². The zero-order valence-corrected chi connectivity index (χ0v) is 18.4. The van der Waals surface area contributed by atoms with Crippen LogP contribution in [0.3, 0.4) is 0 Å². The molecule has 4 N–H and O–H groups in total. The lowest BCUT2D eigenvalue weighted by molar-refractivity contribution is -0.119. The van der Waals surface area contributed by atoms with Crippen molar-refractivity contribution in [2.45, 2.75) is 25.3 Å². The van der Waals surface area contributed by atoms with Gasteiger partial charge in [-0.25, -0.2) is 13.8 Å². The number of piperidine rings is 1. The molecular formula is C25H25F2N5O2. The van der Waals surface area contributed by atoms with Gasteiger partial charge in [0.2, 0.25) is 6.41 Å². The second kappa shape index (κ2) is 10.3. The van der Waals surface area contributed by atoms with Crippen LogP contribution < -0.4 is 16.4 Å². The lowest BCUT2D eigenvalue weighted by atomic mass is 9.89. The van der Waals surface area contributed by atoms with E-state index in [1.807, 2.05) is 24.3 Å². The summed E-state index contributed by atoms with van der Waals surface area (Å²) in [5, 5.41) is 6.13. The third-order valence-corrected chi connectivity index (χ3v) is 6.00. The van der Waals surface area contributed by atoms with E-state index in [1.54, 1.807) is 11.0 Å². The number of anilines is 3. The summed E-state index contributed by atoms with van der Waals surface area (Å²) in [5.41, 5.74) is 8.08. The van der Waals surface area contributed by atoms with Crippen molar-refractivity contribution in [2.24, 2.45) is 5.73 Å². The Bertz CT molecular complexity index is 1180. The fourth-order valence-electron chi connectivity index (χ4n) is 4.07. The van der Waals surface area contributed by atoms with E-state index < -0.39 is 17.5 Å². The van der Waals surface area contributed by atoms with E-state index >= 15 is 0 Å². The van der Waals surface area contributed by atoms with Crippen molar-refractivity contribution in [3.63, 3.8) is 0 Å². The quantitative estimate of drug-likeness (QED) is 0.434. The summed E-state index contributed by atoms with van der Waals surface area (Å²) in [5.74, 6) is -1.70. The van der Waals surface area contributed by atoms with Crippen molar-refractivity contribution in [3.05, 3.63) is 83.1 Å². The normalized spacial score (nSPS) is 14.0. The molecule has 0 saturated carbocycles. The Labute approximate surface area is 196 Å². The van der Waals surface area contributed by atoms with Crippen LogP contribution in [0.1, 0.15) is 40.2 Å². The van der Waals surface area contributed by atoms with Crippen molar-refractivity contribution >= 4 is 29.5 Å². The number of primary amides is 1. The Morgan fingerprint density at radius 2 is 1.88 bits per heavy atom. The summed E-state index contributed by atoms with van der Waals surface area (Å²) in [6, 6.07) is 13.5. The highest BCUT2D eigenvalue weighted by Crippen LogP contribution is 2.29. The summed E-state index contributed by atoms with van der Waals surface area (Å²) < 4.78 is 27.5. The number of hydrogen-bond donors (Lipinski definition) is 3. The number of hydrogen-bond acceptors (Lipinski definition) is 5. The summed E-state index contributed by atoms with van der Waals surface area (Å²) >= 11 is 0. The number of likely N-dealkylation sites (tertiary alicyclic amines) is 1. The van der Waals surface area contributed by atoms with Gasteiger partial charge in [-0.15, -0.1) is 0 Å². The SMILES string of the molecule is NC(=O)c1cnc(Nc2ccc(C3CCN(C=O)CC3)cc2)cc1NCc1cccc(F)c1F. The molecule has 0 aliphatic carbocycles. The maximum absolute atomic E-state index is 14.0. The summed E-state index contributed by atoms with van der Waals surface area (Å²) in [7, 11) is 0. The number of aromatic nitrogens is 1. The minimum atomic E-state index is -0.944. The van der Waals surface area contributed by atoms with Crippen LogP contribution in [0.2, 0.25) is 0 Å². The van der Waals surface area contributed by atoms with Crippen LogP contribution in [0.5, 0.6) is 0 Å². The molecule has 4 rings (SSSR count). The fourth-order valence-corrected chi connectivity index (χ4v) is 4.07. The molecule has 2 amide bonds. The lowest BCUT2D eigenvalue weighted by Crippen LogP contribution is -2.31. The molecule has 34 heavy (non-hydrogen) atoms. The second-order valence-corrected chi connectivity index (χ2v) is 8.21. The average Bonchev–Trinajstić information content (AvgIpc) is 2.85. The Morgan fingerprint density at radius 3 is 2.56 bits per heavy atom. The molecule has 0 unspecified atom stereocenters. The average molecular weight is 466 g/mol.